The quantitative estimate of drug-likeness (QED) is 0.613. The summed E-state index contributed by atoms with van der Waals surface area (Å²) in [5, 5.41) is 13.1. The molecule has 0 fully saturated rings. The SMILES string of the molecule is C=C/C=C(\C=C/C)c1c2c(c(-c3ccccc3)c3cnncc13)=CC=CCC=2. The Balaban J connectivity index is 2.27. The molecule has 4 rings (SSSR count). The summed E-state index contributed by atoms with van der Waals surface area (Å²) in [5.74, 6) is 0. The van der Waals surface area contributed by atoms with Crippen LogP contribution in [0.3, 0.4) is 0 Å². The van der Waals surface area contributed by atoms with Crippen LogP contribution >= 0.6 is 0 Å². The minimum Gasteiger partial charge on any atom is -0.158 e. The van der Waals surface area contributed by atoms with Crippen molar-refractivity contribution in [3.05, 3.63) is 102 Å². The van der Waals surface area contributed by atoms with E-state index in [9.17, 15) is 0 Å². The average Bonchev–Trinajstić information content (AvgIpc) is 2.98. The molecule has 0 bridgehead atoms. The van der Waals surface area contributed by atoms with Gasteiger partial charge in [-0.3, -0.25) is 0 Å². The van der Waals surface area contributed by atoms with Crippen LogP contribution in [0.2, 0.25) is 0 Å². The van der Waals surface area contributed by atoms with Gasteiger partial charge < -0.3 is 0 Å². The second-order valence-corrected chi connectivity index (χ2v) is 6.65. The van der Waals surface area contributed by atoms with Gasteiger partial charge in [0, 0.05) is 10.8 Å². The molecule has 0 saturated heterocycles. The zero-order valence-corrected chi connectivity index (χ0v) is 16.0. The van der Waals surface area contributed by atoms with E-state index in [2.05, 4.69) is 83.6 Å². The maximum Gasteiger partial charge on any atom is 0.0581 e. The molecule has 1 aliphatic rings. The zero-order chi connectivity index (χ0) is 19.3. The molecule has 0 N–H and O–H groups in total. The van der Waals surface area contributed by atoms with Gasteiger partial charge in [0.15, 0.2) is 0 Å². The first-order chi connectivity index (χ1) is 13.8. The Bertz CT molecular complexity index is 1240. The van der Waals surface area contributed by atoms with Crippen molar-refractivity contribution in [1.82, 2.24) is 10.2 Å². The third-order valence-electron chi connectivity index (χ3n) is 4.95. The van der Waals surface area contributed by atoms with E-state index in [1.54, 1.807) is 0 Å². The van der Waals surface area contributed by atoms with Crippen LogP contribution in [-0.2, 0) is 0 Å². The van der Waals surface area contributed by atoms with Crippen molar-refractivity contribution >= 4 is 28.5 Å². The van der Waals surface area contributed by atoms with Crippen molar-refractivity contribution in [3.8, 4) is 11.1 Å². The normalized spacial score (nSPS) is 13.7. The van der Waals surface area contributed by atoms with Crippen LogP contribution in [-0.4, -0.2) is 10.2 Å². The van der Waals surface area contributed by atoms with E-state index >= 15 is 0 Å². The second kappa shape index (κ2) is 8.01. The third kappa shape index (κ3) is 3.14. The lowest BCUT2D eigenvalue weighted by Crippen LogP contribution is -2.30. The van der Waals surface area contributed by atoms with Crippen molar-refractivity contribution in [3.63, 3.8) is 0 Å². The lowest BCUT2D eigenvalue weighted by Gasteiger charge is -2.15. The Hall–Kier alpha value is -3.52. The summed E-state index contributed by atoms with van der Waals surface area (Å²) in [5.41, 5.74) is 4.68. The molecule has 28 heavy (non-hydrogen) atoms. The molecular weight excluding hydrogens is 340 g/mol. The molecule has 0 spiro atoms. The number of allylic oxidation sites excluding steroid dienone is 7. The van der Waals surface area contributed by atoms with E-state index < -0.39 is 0 Å². The van der Waals surface area contributed by atoms with Crippen LogP contribution in [0.15, 0.2) is 85.8 Å². The number of aromatic nitrogens is 2. The van der Waals surface area contributed by atoms with Gasteiger partial charge in [-0.05, 0) is 46.0 Å². The Morgan fingerprint density at radius 2 is 1.82 bits per heavy atom. The highest BCUT2D eigenvalue weighted by atomic mass is 15.1. The summed E-state index contributed by atoms with van der Waals surface area (Å²) in [7, 11) is 0. The highest BCUT2D eigenvalue weighted by Gasteiger charge is 2.15. The van der Waals surface area contributed by atoms with Crippen LogP contribution < -0.4 is 10.4 Å². The Morgan fingerprint density at radius 1 is 1.04 bits per heavy atom. The van der Waals surface area contributed by atoms with E-state index in [0.29, 0.717) is 0 Å². The molecular formula is C26H22N2. The summed E-state index contributed by atoms with van der Waals surface area (Å²) >= 11 is 0. The monoisotopic (exact) mass is 362 g/mol. The summed E-state index contributed by atoms with van der Waals surface area (Å²) in [4.78, 5) is 0. The zero-order valence-electron chi connectivity index (χ0n) is 16.0. The molecule has 1 heterocycles. The van der Waals surface area contributed by atoms with Crippen molar-refractivity contribution in [2.75, 3.05) is 0 Å². The van der Waals surface area contributed by atoms with Gasteiger partial charge >= 0.3 is 0 Å². The average molecular weight is 362 g/mol. The Kier molecular flexibility index (Phi) is 5.11. The fourth-order valence-corrected chi connectivity index (χ4v) is 3.85. The van der Waals surface area contributed by atoms with Crippen molar-refractivity contribution in [2.45, 2.75) is 13.3 Å². The van der Waals surface area contributed by atoms with Crippen LogP contribution in [0.5, 0.6) is 0 Å². The molecule has 2 nitrogen and oxygen atoms in total. The van der Waals surface area contributed by atoms with Crippen molar-refractivity contribution in [1.29, 1.82) is 0 Å². The molecule has 1 aromatic heterocycles. The summed E-state index contributed by atoms with van der Waals surface area (Å²) in [6.07, 6.45) is 21.6. The standard InChI is InChI=1S/C26H22N2/c1-3-11-19(12-4-2)25-21-15-9-6-10-16-22(21)26(20-13-7-5-8-14-20)24-18-28-27-17-23(24)25/h3-8,10-18H,1,9H2,2H3/b12-4-,19-11+. The summed E-state index contributed by atoms with van der Waals surface area (Å²) in [6.45, 7) is 5.95. The van der Waals surface area contributed by atoms with Gasteiger partial charge in [0.1, 0.15) is 0 Å². The topological polar surface area (TPSA) is 25.8 Å². The minimum absolute atomic E-state index is 0.895. The molecule has 2 heteroatoms. The molecule has 3 aromatic rings. The van der Waals surface area contributed by atoms with Crippen LogP contribution in [0, 0.1) is 0 Å². The lowest BCUT2D eigenvalue weighted by molar-refractivity contribution is 1.05. The highest BCUT2D eigenvalue weighted by Crippen LogP contribution is 2.29. The first-order valence-corrected chi connectivity index (χ1v) is 9.49. The van der Waals surface area contributed by atoms with Crippen molar-refractivity contribution in [2.24, 2.45) is 0 Å². The Morgan fingerprint density at radius 3 is 2.57 bits per heavy atom. The van der Waals surface area contributed by atoms with E-state index in [1.165, 1.54) is 27.1 Å². The van der Waals surface area contributed by atoms with Gasteiger partial charge in [0.25, 0.3) is 0 Å². The van der Waals surface area contributed by atoms with Gasteiger partial charge in [-0.15, -0.1) is 0 Å². The van der Waals surface area contributed by atoms with Crippen molar-refractivity contribution < 1.29 is 0 Å². The maximum absolute atomic E-state index is 4.22. The number of rotatable bonds is 4. The van der Waals surface area contributed by atoms with Crippen LogP contribution in [0.25, 0.3) is 39.6 Å². The molecule has 136 valence electrons. The first-order valence-electron chi connectivity index (χ1n) is 9.49. The fraction of sp³-hybridized carbons (Fsp3) is 0.0769. The molecule has 1 aliphatic carbocycles. The van der Waals surface area contributed by atoms with Crippen LogP contribution in [0.4, 0.5) is 0 Å². The summed E-state index contributed by atoms with van der Waals surface area (Å²) in [6, 6.07) is 10.5. The molecule has 0 atom stereocenters. The van der Waals surface area contributed by atoms with Gasteiger partial charge in [0.05, 0.1) is 12.4 Å². The van der Waals surface area contributed by atoms with E-state index in [0.717, 1.165) is 22.8 Å². The van der Waals surface area contributed by atoms with Crippen LogP contribution in [0.1, 0.15) is 18.9 Å². The minimum atomic E-state index is 0.895. The Labute approximate surface area is 165 Å². The van der Waals surface area contributed by atoms with Gasteiger partial charge in [-0.1, -0.05) is 85.5 Å². The summed E-state index contributed by atoms with van der Waals surface area (Å²) < 4.78 is 0. The molecule has 0 radical (unpaired) electrons. The smallest absolute Gasteiger partial charge is 0.0581 e. The number of hydrogen-bond acceptors (Lipinski definition) is 2. The lowest BCUT2D eigenvalue weighted by atomic mass is 9.89. The molecule has 0 aliphatic heterocycles. The molecule has 2 aromatic carbocycles. The van der Waals surface area contributed by atoms with E-state index in [-0.39, 0.29) is 0 Å². The fourth-order valence-electron chi connectivity index (χ4n) is 3.85. The number of nitrogens with zero attached hydrogens (tertiary/aromatic N) is 2. The molecule has 0 unspecified atom stereocenters. The van der Waals surface area contributed by atoms with Gasteiger partial charge in [-0.2, -0.15) is 10.2 Å². The molecule has 0 amide bonds. The predicted octanol–water partition coefficient (Wildman–Crippen LogP) is 4.96. The first kappa shape index (κ1) is 17.9. The second-order valence-electron chi connectivity index (χ2n) is 6.65. The molecule has 0 saturated carbocycles. The maximum atomic E-state index is 4.22. The van der Waals surface area contributed by atoms with Gasteiger partial charge in [-0.25, -0.2) is 0 Å². The van der Waals surface area contributed by atoms with E-state index in [4.69, 9.17) is 0 Å². The number of hydrogen-bond donors (Lipinski definition) is 0. The third-order valence-corrected chi connectivity index (χ3v) is 4.95. The van der Waals surface area contributed by atoms with E-state index in [1.807, 2.05) is 31.5 Å². The predicted molar refractivity (Wildman–Crippen MR) is 120 cm³/mol. The highest BCUT2D eigenvalue weighted by molar-refractivity contribution is 6.04. The number of fused-ring (bicyclic) bond motifs is 2. The van der Waals surface area contributed by atoms with Gasteiger partial charge in [0.2, 0.25) is 0 Å². The number of benzene rings is 2. The largest absolute Gasteiger partial charge is 0.158 e.